The number of aromatic nitrogens is 2. The average molecular weight is 395 g/mol. The van der Waals surface area contributed by atoms with E-state index in [0.29, 0.717) is 11.4 Å². The molecule has 0 saturated heterocycles. The van der Waals surface area contributed by atoms with E-state index >= 15 is 0 Å². The van der Waals surface area contributed by atoms with E-state index in [0.717, 1.165) is 11.1 Å². The van der Waals surface area contributed by atoms with Crippen molar-refractivity contribution in [3.63, 3.8) is 0 Å². The Morgan fingerprint density at radius 3 is 2.11 bits per heavy atom. The molecule has 1 N–H and O–H groups in total. The maximum Gasteiger partial charge on any atom is 0.264 e. The zero-order valence-corrected chi connectivity index (χ0v) is 16.7. The Bertz CT molecular complexity index is 1090. The molecule has 0 fully saturated rings. The van der Waals surface area contributed by atoms with Gasteiger partial charge >= 0.3 is 0 Å². The molecule has 0 saturated carbocycles. The van der Waals surface area contributed by atoms with Gasteiger partial charge in [0.2, 0.25) is 11.8 Å². The normalized spacial score (nSPS) is 11.0. The lowest BCUT2D eigenvalue weighted by atomic mass is 10.1. The van der Waals surface area contributed by atoms with E-state index in [-0.39, 0.29) is 16.7 Å². The predicted molar refractivity (Wildman–Crippen MR) is 110 cm³/mol. The molecule has 2 aromatic carbocycles. The van der Waals surface area contributed by atoms with Gasteiger partial charge in [0.25, 0.3) is 10.0 Å². The van der Waals surface area contributed by atoms with Crippen molar-refractivity contribution in [2.45, 2.75) is 25.7 Å². The minimum absolute atomic E-state index is 0.0483. The van der Waals surface area contributed by atoms with Crippen molar-refractivity contribution in [2.75, 3.05) is 4.72 Å². The van der Waals surface area contributed by atoms with Crippen molar-refractivity contribution in [1.82, 2.24) is 9.97 Å². The van der Waals surface area contributed by atoms with Gasteiger partial charge < -0.3 is 4.74 Å². The maximum absolute atomic E-state index is 12.6. The summed E-state index contributed by atoms with van der Waals surface area (Å²) in [5.41, 5.74) is 2.56. The highest BCUT2D eigenvalue weighted by Gasteiger charge is 2.17. The summed E-state index contributed by atoms with van der Waals surface area (Å²) in [5.74, 6) is 0.800. The summed E-state index contributed by atoms with van der Waals surface area (Å²) in [5, 5.41) is 0. The summed E-state index contributed by atoms with van der Waals surface area (Å²) in [7, 11) is -3.81. The zero-order chi connectivity index (χ0) is 20.1. The highest BCUT2D eigenvalue weighted by Crippen LogP contribution is 2.26. The standard InChI is InChI=1S/C21H21N3O3S/c1-15(2)16(3)19-14-20(27-17-10-6-4-7-11-17)23-21(22-19)24-28(25,26)18-12-8-5-9-13-18/h4-14H,1-3H3,(H,22,23,24). The largest absolute Gasteiger partial charge is 0.439 e. The SMILES string of the molecule is CC(C)=C(C)c1cc(Oc2ccccc2)nc(NS(=O)(=O)c2ccccc2)n1. The fourth-order valence-electron chi connectivity index (χ4n) is 2.36. The van der Waals surface area contributed by atoms with Crippen LogP contribution in [0.1, 0.15) is 26.5 Å². The predicted octanol–water partition coefficient (Wildman–Crippen LogP) is 4.88. The summed E-state index contributed by atoms with van der Waals surface area (Å²) < 4.78 is 33.5. The molecule has 0 aliphatic carbocycles. The summed E-state index contributed by atoms with van der Waals surface area (Å²) in [4.78, 5) is 8.74. The molecule has 144 valence electrons. The number of hydrogen-bond donors (Lipinski definition) is 1. The van der Waals surface area contributed by atoms with Gasteiger partial charge in [0, 0.05) is 6.07 Å². The Morgan fingerprint density at radius 1 is 0.893 bits per heavy atom. The summed E-state index contributed by atoms with van der Waals surface area (Å²) >= 11 is 0. The van der Waals surface area contributed by atoms with Crippen molar-refractivity contribution in [2.24, 2.45) is 0 Å². The Balaban J connectivity index is 2.01. The molecule has 0 aliphatic rings. The number of allylic oxidation sites excluding steroid dienone is 2. The van der Waals surface area contributed by atoms with Crippen LogP contribution in [0.4, 0.5) is 5.95 Å². The van der Waals surface area contributed by atoms with Crippen LogP contribution in [0.15, 0.2) is 77.2 Å². The number of nitrogens with one attached hydrogen (secondary N) is 1. The molecule has 28 heavy (non-hydrogen) atoms. The Kier molecular flexibility index (Phi) is 5.75. The van der Waals surface area contributed by atoms with E-state index in [1.807, 2.05) is 39.0 Å². The monoisotopic (exact) mass is 395 g/mol. The Hall–Kier alpha value is -3.19. The third-order valence-corrected chi connectivity index (χ3v) is 5.43. The molecule has 6 nitrogen and oxygen atoms in total. The van der Waals surface area contributed by atoms with Crippen molar-refractivity contribution in [3.8, 4) is 11.6 Å². The van der Waals surface area contributed by atoms with Crippen LogP contribution in [0.25, 0.3) is 5.57 Å². The molecular formula is C21H21N3O3S. The topological polar surface area (TPSA) is 81.2 Å². The minimum Gasteiger partial charge on any atom is -0.439 e. The van der Waals surface area contributed by atoms with Gasteiger partial charge in [-0.3, -0.25) is 0 Å². The van der Waals surface area contributed by atoms with Crippen LogP contribution in [0.2, 0.25) is 0 Å². The summed E-state index contributed by atoms with van der Waals surface area (Å²) in [6.07, 6.45) is 0. The second kappa shape index (κ2) is 8.22. The highest BCUT2D eigenvalue weighted by atomic mass is 32.2. The molecule has 3 rings (SSSR count). The minimum atomic E-state index is -3.81. The molecule has 0 aliphatic heterocycles. The molecule has 0 unspecified atom stereocenters. The van der Waals surface area contributed by atoms with Gasteiger partial charge in [0.15, 0.2) is 0 Å². The molecule has 0 amide bonds. The van der Waals surface area contributed by atoms with E-state index in [9.17, 15) is 8.42 Å². The lowest BCUT2D eigenvalue weighted by Crippen LogP contribution is -2.15. The molecule has 1 heterocycles. The van der Waals surface area contributed by atoms with E-state index in [4.69, 9.17) is 4.74 Å². The molecule has 7 heteroatoms. The number of rotatable bonds is 6. The zero-order valence-electron chi connectivity index (χ0n) is 15.9. The lowest BCUT2D eigenvalue weighted by molar-refractivity contribution is 0.462. The first-order chi connectivity index (χ1) is 13.3. The molecule has 3 aromatic rings. The molecular weight excluding hydrogens is 374 g/mol. The first-order valence-electron chi connectivity index (χ1n) is 8.69. The van der Waals surface area contributed by atoms with Gasteiger partial charge in [-0.1, -0.05) is 42.0 Å². The van der Waals surface area contributed by atoms with Gasteiger partial charge in [-0.25, -0.2) is 18.1 Å². The molecule has 0 atom stereocenters. The Labute approximate surface area is 165 Å². The average Bonchev–Trinajstić information content (AvgIpc) is 2.68. The second-order valence-electron chi connectivity index (χ2n) is 6.37. The number of hydrogen-bond acceptors (Lipinski definition) is 5. The number of para-hydroxylation sites is 1. The third kappa shape index (κ3) is 4.75. The van der Waals surface area contributed by atoms with Crippen molar-refractivity contribution >= 4 is 21.5 Å². The van der Waals surface area contributed by atoms with Crippen LogP contribution in [0.3, 0.4) is 0 Å². The number of sulfonamides is 1. The van der Waals surface area contributed by atoms with Gasteiger partial charge in [-0.2, -0.15) is 4.98 Å². The molecule has 1 aromatic heterocycles. The van der Waals surface area contributed by atoms with Crippen LogP contribution in [-0.2, 0) is 10.0 Å². The fraction of sp³-hybridized carbons (Fsp3) is 0.143. The number of benzene rings is 2. The lowest BCUT2D eigenvalue weighted by Gasteiger charge is -2.12. The Morgan fingerprint density at radius 2 is 1.50 bits per heavy atom. The van der Waals surface area contributed by atoms with Crippen LogP contribution >= 0.6 is 0 Å². The van der Waals surface area contributed by atoms with E-state index in [2.05, 4.69) is 14.7 Å². The smallest absolute Gasteiger partial charge is 0.264 e. The van der Waals surface area contributed by atoms with Crippen molar-refractivity contribution in [3.05, 3.63) is 78.0 Å². The molecule has 0 bridgehead atoms. The van der Waals surface area contributed by atoms with Gasteiger partial charge in [-0.05, 0) is 50.6 Å². The fourth-order valence-corrected chi connectivity index (χ4v) is 3.32. The number of anilines is 1. The van der Waals surface area contributed by atoms with Crippen LogP contribution in [-0.4, -0.2) is 18.4 Å². The van der Waals surface area contributed by atoms with Crippen molar-refractivity contribution < 1.29 is 13.2 Å². The van der Waals surface area contributed by atoms with Gasteiger partial charge in [-0.15, -0.1) is 0 Å². The molecule has 0 radical (unpaired) electrons. The van der Waals surface area contributed by atoms with Crippen molar-refractivity contribution in [1.29, 1.82) is 0 Å². The van der Waals surface area contributed by atoms with E-state index in [1.165, 1.54) is 12.1 Å². The maximum atomic E-state index is 12.6. The number of nitrogens with zero attached hydrogens (tertiary/aromatic N) is 2. The summed E-state index contributed by atoms with van der Waals surface area (Å²) in [6.45, 7) is 5.84. The first kappa shape index (κ1) is 19.6. The highest BCUT2D eigenvalue weighted by molar-refractivity contribution is 7.92. The summed E-state index contributed by atoms with van der Waals surface area (Å²) in [6, 6.07) is 18.9. The van der Waals surface area contributed by atoms with E-state index in [1.54, 1.807) is 36.4 Å². The van der Waals surface area contributed by atoms with E-state index < -0.39 is 10.0 Å². The van der Waals surface area contributed by atoms with Gasteiger partial charge in [0.05, 0.1) is 10.6 Å². The van der Waals surface area contributed by atoms with Gasteiger partial charge in [0.1, 0.15) is 5.75 Å². The second-order valence-corrected chi connectivity index (χ2v) is 8.06. The van der Waals surface area contributed by atoms with Crippen LogP contribution in [0, 0.1) is 0 Å². The van der Waals surface area contributed by atoms with Crippen LogP contribution in [0.5, 0.6) is 11.6 Å². The quantitative estimate of drug-likeness (QED) is 0.643. The number of ether oxygens (including phenoxy) is 1. The van der Waals surface area contributed by atoms with Crippen LogP contribution < -0.4 is 9.46 Å². The molecule has 0 spiro atoms. The third-order valence-electron chi connectivity index (χ3n) is 4.08. The first-order valence-corrected chi connectivity index (χ1v) is 10.2.